The predicted molar refractivity (Wildman–Crippen MR) is 115 cm³/mol. The second-order valence-corrected chi connectivity index (χ2v) is 6.89. The second-order valence-electron chi connectivity index (χ2n) is 6.45. The largest absolute Gasteiger partial charge is 0.573 e. The molecule has 11 heteroatoms. The Hall–Kier alpha value is -3.79. The number of benzene rings is 3. The van der Waals surface area contributed by atoms with Crippen LogP contribution in [-0.4, -0.2) is 24.7 Å². The number of nitrogens with zero attached hydrogens (tertiary/aromatic N) is 1. The fourth-order valence-electron chi connectivity index (χ4n) is 2.55. The summed E-state index contributed by atoms with van der Waals surface area (Å²) < 4.78 is 59.1. The van der Waals surface area contributed by atoms with E-state index in [4.69, 9.17) is 16.3 Å². The van der Waals surface area contributed by atoms with Gasteiger partial charge in [-0.2, -0.15) is 5.10 Å². The molecule has 0 aliphatic carbocycles. The number of hydrogen-bond acceptors (Lipinski definition) is 4. The summed E-state index contributed by atoms with van der Waals surface area (Å²) in [7, 11) is 0. The van der Waals surface area contributed by atoms with Crippen molar-refractivity contribution >= 4 is 29.0 Å². The van der Waals surface area contributed by atoms with Gasteiger partial charge in [0.15, 0.2) is 0 Å². The zero-order valence-corrected chi connectivity index (χ0v) is 17.5. The molecule has 0 saturated carbocycles. The third kappa shape index (κ3) is 8.00. The fourth-order valence-corrected chi connectivity index (χ4v) is 2.74. The maximum atomic E-state index is 13.1. The van der Waals surface area contributed by atoms with E-state index in [1.54, 1.807) is 24.3 Å². The summed E-state index contributed by atoms with van der Waals surface area (Å²) in [5.74, 6) is -0.452. The molecular formula is C22H16ClF4N3O3. The first-order valence-electron chi connectivity index (χ1n) is 9.31. The van der Waals surface area contributed by atoms with Crippen LogP contribution in [0.1, 0.15) is 5.56 Å². The summed E-state index contributed by atoms with van der Waals surface area (Å²) in [6, 6.07) is 15.9. The second kappa shape index (κ2) is 10.7. The molecule has 3 aromatic rings. The lowest BCUT2D eigenvalue weighted by Gasteiger charge is -2.11. The fraction of sp³-hybridized carbons (Fsp3) is 0.0909. The molecule has 0 aromatic heterocycles. The number of anilines is 1. The Morgan fingerprint density at radius 3 is 2.27 bits per heavy atom. The van der Waals surface area contributed by atoms with Crippen molar-refractivity contribution in [3.8, 4) is 11.5 Å². The Kier molecular flexibility index (Phi) is 7.73. The van der Waals surface area contributed by atoms with E-state index >= 15 is 0 Å². The van der Waals surface area contributed by atoms with E-state index in [0.29, 0.717) is 22.0 Å². The lowest BCUT2D eigenvalue weighted by Crippen LogP contribution is -2.27. The number of carbonyl (C=O) groups excluding carboxylic acids is 1. The Balaban J connectivity index is 1.67. The van der Waals surface area contributed by atoms with E-state index < -0.39 is 24.0 Å². The smallest absolute Gasteiger partial charge is 0.487 e. The number of alkyl halides is 3. The first-order valence-corrected chi connectivity index (χ1v) is 9.69. The summed E-state index contributed by atoms with van der Waals surface area (Å²) in [6.45, 7) is -0.0737. The van der Waals surface area contributed by atoms with Gasteiger partial charge in [0, 0.05) is 16.3 Å². The van der Waals surface area contributed by atoms with Gasteiger partial charge in [0.25, 0.3) is 0 Å². The molecule has 3 rings (SSSR count). The highest BCUT2D eigenvalue weighted by Gasteiger charge is 2.30. The number of halogens is 5. The van der Waals surface area contributed by atoms with Gasteiger partial charge in [-0.25, -0.2) is 14.6 Å². The van der Waals surface area contributed by atoms with Gasteiger partial charge >= 0.3 is 12.4 Å². The van der Waals surface area contributed by atoms with E-state index in [0.717, 1.165) is 12.1 Å². The average molecular weight is 482 g/mol. The third-order valence-corrected chi connectivity index (χ3v) is 4.22. The Morgan fingerprint density at radius 2 is 1.64 bits per heavy atom. The minimum absolute atomic E-state index is 0.0737. The molecule has 3 aromatic carbocycles. The Labute approximate surface area is 190 Å². The van der Waals surface area contributed by atoms with Crippen LogP contribution >= 0.6 is 11.6 Å². The van der Waals surface area contributed by atoms with Crippen LogP contribution in [0.25, 0.3) is 0 Å². The highest BCUT2D eigenvalue weighted by atomic mass is 35.5. The lowest BCUT2D eigenvalue weighted by molar-refractivity contribution is -0.274. The number of nitrogens with one attached hydrogen (secondary N) is 2. The third-order valence-electron chi connectivity index (χ3n) is 3.99. The Morgan fingerprint density at radius 1 is 0.970 bits per heavy atom. The molecule has 2 N–H and O–H groups in total. The molecule has 6 nitrogen and oxygen atoms in total. The standard InChI is InChI=1S/C22H16ClF4N3O3/c23-15-3-1-2-14(12-15)20(13-32-18-8-4-16(24)5-9-18)29-30-21(31)28-17-6-10-19(11-7-17)33-22(25,26)27/h1-12H,13H2,(H2,28,30,31). The topological polar surface area (TPSA) is 72.0 Å². The van der Waals surface area contributed by atoms with Gasteiger partial charge in [0.05, 0.1) is 0 Å². The number of hydrazone groups is 1. The molecule has 33 heavy (non-hydrogen) atoms. The summed E-state index contributed by atoms with van der Waals surface area (Å²) in [5.41, 5.74) is 3.38. The maximum Gasteiger partial charge on any atom is 0.573 e. The minimum atomic E-state index is -4.81. The number of ether oxygens (including phenoxy) is 2. The number of amides is 2. The van der Waals surface area contributed by atoms with Crippen molar-refractivity contribution in [2.45, 2.75) is 6.36 Å². The molecule has 0 aliphatic heterocycles. The van der Waals surface area contributed by atoms with E-state index in [1.807, 2.05) is 0 Å². The van der Waals surface area contributed by atoms with Crippen LogP contribution < -0.4 is 20.2 Å². The quantitative estimate of drug-likeness (QED) is 0.248. The van der Waals surface area contributed by atoms with Crippen molar-refractivity contribution in [1.82, 2.24) is 5.43 Å². The molecule has 0 fully saturated rings. The van der Waals surface area contributed by atoms with E-state index in [9.17, 15) is 22.4 Å². The first kappa shape index (κ1) is 23.9. The lowest BCUT2D eigenvalue weighted by atomic mass is 10.1. The monoisotopic (exact) mass is 481 g/mol. The Bertz CT molecular complexity index is 1120. The van der Waals surface area contributed by atoms with Gasteiger partial charge in [-0.3, -0.25) is 0 Å². The molecule has 0 radical (unpaired) electrons. The van der Waals surface area contributed by atoms with Gasteiger partial charge in [0.1, 0.15) is 29.6 Å². The van der Waals surface area contributed by atoms with Gasteiger partial charge in [-0.15, -0.1) is 13.2 Å². The number of hydrogen-bond donors (Lipinski definition) is 2. The molecule has 0 bridgehead atoms. The van der Waals surface area contributed by atoms with Crippen molar-refractivity contribution < 1.29 is 31.8 Å². The number of urea groups is 1. The first-order chi connectivity index (χ1) is 15.7. The number of rotatable bonds is 7. The normalized spacial score (nSPS) is 11.6. The van der Waals surface area contributed by atoms with Crippen LogP contribution in [0.15, 0.2) is 77.9 Å². The van der Waals surface area contributed by atoms with Crippen LogP contribution in [-0.2, 0) is 0 Å². The summed E-state index contributed by atoms with van der Waals surface area (Å²) in [4.78, 5) is 12.2. The van der Waals surface area contributed by atoms with Crippen LogP contribution in [0.3, 0.4) is 0 Å². The SMILES string of the molecule is O=C(NN=C(COc1ccc(F)cc1)c1cccc(Cl)c1)Nc1ccc(OC(F)(F)F)cc1. The van der Waals surface area contributed by atoms with Crippen molar-refractivity contribution in [2.75, 3.05) is 11.9 Å². The summed E-state index contributed by atoms with van der Waals surface area (Å²) >= 11 is 6.03. The van der Waals surface area contributed by atoms with Crippen molar-refractivity contribution in [3.05, 3.63) is 89.2 Å². The van der Waals surface area contributed by atoms with E-state index in [2.05, 4.69) is 20.6 Å². The van der Waals surface area contributed by atoms with Crippen molar-refractivity contribution in [2.24, 2.45) is 5.10 Å². The zero-order chi connectivity index (χ0) is 23.8. The van der Waals surface area contributed by atoms with Gasteiger partial charge < -0.3 is 14.8 Å². The van der Waals surface area contributed by atoms with Crippen molar-refractivity contribution in [3.63, 3.8) is 0 Å². The van der Waals surface area contributed by atoms with Crippen molar-refractivity contribution in [1.29, 1.82) is 0 Å². The summed E-state index contributed by atoms with van der Waals surface area (Å²) in [5, 5.41) is 6.92. The highest BCUT2D eigenvalue weighted by Crippen LogP contribution is 2.24. The molecule has 0 unspecified atom stereocenters. The molecule has 0 spiro atoms. The minimum Gasteiger partial charge on any atom is -0.487 e. The van der Waals surface area contributed by atoms with E-state index in [1.165, 1.54) is 36.4 Å². The molecule has 0 saturated heterocycles. The van der Waals surface area contributed by atoms with Crippen LogP contribution in [0.2, 0.25) is 5.02 Å². The average Bonchev–Trinajstić information content (AvgIpc) is 2.75. The van der Waals surface area contributed by atoms with Gasteiger partial charge in [0.2, 0.25) is 0 Å². The zero-order valence-electron chi connectivity index (χ0n) is 16.7. The van der Waals surface area contributed by atoms with Crippen LogP contribution in [0, 0.1) is 5.82 Å². The van der Waals surface area contributed by atoms with E-state index in [-0.39, 0.29) is 12.3 Å². The maximum absolute atomic E-state index is 13.1. The van der Waals surface area contributed by atoms with Gasteiger partial charge in [-0.1, -0.05) is 23.7 Å². The van der Waals surface area contributed by atoms with Gasteiger partial charge in [-0.05, 0) is 60.7 Å². The predicted octanol–water partition coefficient (Wildman–Crippen LogP) is 5.98. The van der Waals surface area contributed by atoms with Crippen LogP contribution in [0.5, 0.6) is 11.5 Å². The molecule has 0 aliphatic rings. The number of carbonyl (C=O) groups is 1. The molecule has 172 valence electrons. The molecule has 0 heterocycles. The van der Waals surface area contributed by atoms with Crippen LogP contribution in [0.4, 0.5) is 28.0 Å². The molecule has 0 atom stereocenters. The molecule has 2 amide bonds. The highest BCUT2D eigenvalue weighted by molar-refractivity contribution is 6.31. The molecular weight excluding hydrogens is 466 g/mol. The summed E-state index contributed by atoms with van der Waals surface area (Å²) in [6.07, 6.45) is -4.81.